The maximum Gasteiger partial charge on any atom is 0.127 e. The van der Waals surface area contributed by atoms with Gasteiger partial charge in [-0.05, 0) is 24.9 Å². The Morgan fingerprint density at radius 2 is 1.75 bits per heavy atom. The lowest BCUT2D eigenvalue weighted by Crippen LogP contribution is -2.24. The molecule has 1 N–H and O–H groups in total. The molecule has 1 aromatic rings. The van der Waals surface area contributed by atoms with Crippen LogP contribution in [-0.2, 0) is 0 Å². The quantitative estimate of drug-likeness (QED) is 0.735. The number of hydrogen-bond acceptors (Lipinski definition) is 3. The molecule has 0 aliphatic rings. The lowest BCUT2D eigenvalue weighted by atomic mass is 9.90. The van der Waals surface area contributed by atoms with Crippen molar-refractivity contribution in [3.05, 3.63) is 23.8 Å². The fraction of sp³-hybridized carbons (Fsp3) is 0.647. The van der Waals surface area contributed by atoms with Crippen molar-refractivity contribution >= 4 is 0 Å². The van der Waals surface area contributed by atoms with E-state index < -0.39 is 0 Å². The Morgan fingerprint density at radius 1 is 1.05 bits per heavy atom. The van der Waals surface area contributed by atoms with Gasteiger partial charge in [-0.2, -0.15) is 0 Å². The van der Waals surface area contributed by atoms with Crippen molar-refractivity contribution < 1.29 is 9.47 Å². The zero-order valence-electron chi connectivity index (χ0n) is 13.5. The van der Waals surface area contributed by atoms with E-state index in [-0.39, 0.29) is 0 Å². The second-order valence-corrected chi connectivity index (χ2v) is 5.14. The molecule has 1 atom stereocenters. The van der Waals surface area contributed by atoms with Gasteiger partial charge in [0, 0.05) is 17.7 Å². The fourth-order valence-corrected chi connectivity index (χ4v) is 2.63. The molecule has 0 saturated carbocycles. The molecule has 114 valence electrons. The van der Waals surface area contributed by atoms with E-state index >= 15 is 0 Å². The largest absolute Gasteiger partial charge is 0.497 e. The van der Waals surface area contributed by atoms with Crippen LogP contribution in [0.3, 0.4) is 0 Å². The van der Waals surface area contributed by atoms with E-state index in [9.17, 15) is 0 Å². The van der Waals surface area contributed by atoms with Gasteiger partial charge in [0.2, 0.25) is 0 Å². The minimum Gasteiger partial charge on any atom is -0.497 e. The van der Waals surface area contributed by atoms with E-state index in [4.69, 9.17) is 9.47 Å². The van der Waals surface area contributed by atoms with Crippen molar-refractivity contribution in [2.45, 2.75) is 46.1 Å². The van der Waals surface area contributed by atoms with E-state index in [0.29, 0.717) is 6.04 Å². The molecular weight excluding hydrogens is 250 g/mol. The van der Waals surface area contributed by atoms with Gasteiger partial charge in [-0.15, -0.1) is 0 Å². The molecule has 0 saturated heterocycles. The molecule has 20 heavy (non-hydrogen) atoms. The standard InChI is InChI=1S/C17H29NO2/c1-6-13(7-2)11-16(18-8-3)15-10-9-14(19-4)12-17(15)20-5/h9-10,12-13,16,18H,6-8,11H2,1-5H3. The number of rotatable bonds is 9. The third kappa shape index (κ3) is 4.41. The number of hydrogen-bond donors (Lipinski definition) is 1. The maximum atomic E-state index is 5.54. The van der Waals surface area contributed by atoms with Gasteiger partial charge in [0.25, 0.3) is 0 Å². The highest BCUT2D eigenvalue weighted by Crippen LogP contribution is 2.33. The molecular formula is C17H29NO2. The summed E-state index contributed by atoms with van der Waals surface area (Å²) in [6.07, 6.45) is 3.58. The lowest BCUT2D eigenvalue weighted by molar-refractivity contribution is 0.353. The second-order valence-electron chi connectivity index (χ2n) is 5.14. The first-order valence-corrected chi connectivity index (χ1v) is 7.65. The molecule has 0 fully saturated rings. The van der Waals surface area contributed by atoms with E-state index in [1.54, 1.807) is 14.2 Å². The third-order valence-corrected chi connectivity index (χ3v) is 3.99. The zero-order chi connectivity index (χ0) is 15.0. The topological polar surface area (TPSA) is 30.5 Å². The second kappa shape index (κ2) is 8.85. The predicted octanol–water partition coefficient (Wildman–Crippen LogP) is 4.18. The summed E-state index contributed by atoms with van der Waals surface area (Å²) in [7, 11) is 3.40. The highest BCUT2D eigenvalue weighted by Gasteiger charge is 2.19. The zero-order valence-corrected chi connectivity index (χ0v) is 13.5. The van der Waals surface area contributed by atoms with E-state index in [1.807, 2.05) is 12.1 Å². The molecule has 0 amide bonds. The monoisotopic (exact) mass is 279 g/mol. The molecule has 1 rings (SSSR count). The molecule has 0 aliphatic heterocycles. The number of methoxy groups -OCH3 is 2. The molecule has 0 radical (unpaired) electrons. The summed E-state index contributed by atoms with van der Waals surface area (Å²) in [5, 5.41) is 3.59. The van der Waals surface area contributed by atoms with Crippen LogP contribution in [0.5, 0.6) is 11.5 Å². The van der Waals surface area contributed by atoms with Crippen molar-refractivity contribution in [1.82, 2.24) is 5.32 Å². The van der Waals surface area contributed by atoms with Gasteiger partial charge in [0.15, 0.2) is 0 Å². The molecule has 0 aliphatic carbocycles. The summed E-state index contributed by atoms with van der Waals surface area (Å²) >= 11 is 0. The van der Waals surface area contributed by atoms with Crippen LogP contribution in [0.2, 0.25) is 0 Å². The smallest absolute Gasteiger partial charge is 0.127 e. The molecule has 0 spiro atoms. The summed E-state index contributed by atoms with van der Waals surface area (Å²) in [5.41, 5.74) is 1.22. The molecule has 1 aromatic carbocycles. The minimum atomic E-state index is 0.339. The van der Waals surface area contributed by atoms with Gasteiger partial charge < -0.3 is 14.8 Å². The van der Waals surface area contributed by atoms with Gasteiger partial charge in [-0.1, -0.05) is 39.7 Å². The van der Waals surface area contributed by atoms with Crippen molar-refractivity contribution in [1.29, 1.82) is 0 Å². The van der Waals surface area contributed by atoms with Crippen molar-refractivity contribution in [2.75, 3.05) is 20.8 Å². The third-order valence-electron chi connectivity index (χ3n) is 3.99. The minimum absolute atomic E-state index is 0.339. The first-order valence-electron chi connectivity index (χ1n) is 7.65. The molecule has 1 unspecified atom stereocenters. The molecule has 3 heteroatoms. The Morgan fingerprint density at radius 3 is 2.25 bits per heavy atom. The summed E-state index contributed by atoms with van der Waals surface area (Å²) in [5.74, 6) is 2.48. The van der Waals surface area contributed by atoms with E-state index in [2.05, 4.69) is 32.2 Å². The Bertz CT molecular complexity index is 389. The van der Waals surface area contributed by atoms with Crippen LogP contribution in [0, 0.1) is 5.92 Å². The average Bonchev–Trinajstić information content (AvgIpc) is 2.50. The Hall–Kier alpha value is -1.22. The van der Waals surface area contributed by atoms with Crippen molar-refractivity contribution in [3.8, 4) is 11.5 Å². The summed E-state index contributed by atoms with van der Waals surface area (Å²) in [4.78, 5) is 0. The Balaban J connectivity index is 3.00. The number of benzene rings is 1. The summed E-state index contributed by atoms with van der Waals surface area (Å²) < 4.78 is 10.8. The van der Waals surface area contributed by atoms with E-state index in [0.717, 1.165) is 30.4 Å². The van der Waals surface area contributed by atoms with Crippen LogP contribution < -0.4 is 14.8 Å². The first-order chi connectivity index (χ1) is 9.69. The number of ether oxygens (including phenoxy) is 2. The van der Waals surface area contributed by atoms with Gasteiger partial charge in [0.05, 0.1) is 14.2 Å². The van der Waals surface area contributed by atoms with Crippen LogP contribution in [-0.4, -0.2) is 20.8 Å². The number of nitrogens with one attached hydrogen (secondary N) is 1. The van der Waals surface area contributed by atoms with Crippen LogP contribution in [0.1, 0.15) is 51.6 Å². The average molecular weight is 279 g/mol. The summed E-state index contributed by atoms with van der Waals surface area (Å²) in [6.45, 7) is 7.64. The lowest BCUT2D eigenvalue weighted by Gasteiger charge is -2.25. The normalized spacial score (nSPS) is 12.5. The SMILES string of the molecule is CCNC(CC(CC)CC)c1ccc(OC)cc1OC. The van der Waals surface area contributed by atoms with Gasteiger partial charge in [0.1, 0.15) is 11.5 Å². The fourth-order valence-electron chi connectivity index (χ4n) is 2.63. The Kier molecular flexibility index (Phi) is 7.45. The van der Waals surface area contributed by atoms with Gasteiger partial charge >= 0.3 is 0 Å². The van der Waals surface area contributed by atoms with E-state index in [1.165, 1.54) is 18.4 Å². The molecule has 0 bridgehead atoms. The maximum absolute atomic E-state index is 5.54. The van der Waals surface area contributed by atoms with Crippen LogP contribution in [0.25, 0.3) is 0 Å². The van der Waals surface area contributed by atoms with Crippen LogP contribution in [0.4, 0.5) is 0 Å². The predicted molar refractivity (Wildman–Crippen MR) is 84.7 cm³/mol. The molecule has 3 nitrogen and oxygen atoms in total. The Labute approximate surface area is 123 Å². The van der Waals surface area contributed by atoms with Crippen LogP contribution in [0.15, 0.2) is 18.2 Å². The summed E-state index contributed by atoms with van der Waals surface area (Å²) in [6, 6.07) is 6.43. The van der Waals surface area contributed by atoms with Crippen LogP contribution >= 0.6 is 0 Å². The van der Waals surface area contributed by atoms with Crippen molar-refractivity contribution in [2.24, 2.45) is 5.92 Å². The first kappa shape index (κ1) is 16.8. The highest BCUT2D eigenvalue weighted by atomic mass is 16.5. The molecule has 0 heterocycles. The molecule has 0 aromatic heterocycles. The van der Waals surface area contributed by atoms with Gasteiger partial charge in [-0.25, -0.2) is 0 Å². The van der Waals surface area contributed by atoms with Gasteiger partial charge in [-0.3, -0.25) is 0 Å². The highest BCUT2D eigenvalue weighted by molar-refractivity contribution is 5.42. The van der Waals surface area contributed by atoms with Crippen molar-refractivity contribution in [3.63, 3.8) is 0 Å².